The first-order valence-corrected chi connectivity index (χ1v) is 7.19. The highest BCUT2D eigenvalue weighted by Crippen LogP contribution is 2.21. The average Bonchev–Trinajstić information content (AvgIpc) is 2.42. The first-order chi connectivity index (χ1) is 8.67. The molecule has 1 unspecified atom stereocenters. The molecule has 1 aromatic rings. The number of hydrogen-bond acceptors (Lipinski definition) is 4. The summed E-state index contributed by atoms with van der Waals surface area (Å²) in [5, 5.41) is 3.45. The highest BCUT2D eigenvalue weighted by molar-refractivity contribution is 8.00. The van der Waals surface area contributed by atoms with Crippen LogP contribution in [0.2, 0.25) is 0 Å². The van der Waals surface area contributed by atoms with Crippen LogP contribution in [0.3, 0.4) is 0 Å². The van der Waals surface area contributed by atoms with Crippen LogP contribution in [-0.2, 0) is 9.53 Å². The third kappa shape index (κ3) is 5.10. The van der Waals surface area contributed by atoms with Crippen LogP contribution in [0, 0.1) is 0 Å². The number of ether oxygens (including phenoxy) is 1. The second-order valence-electron chi connectivity index (χ2n) is 4.11. The molecule has 0 heterocycles. The lowest BCUT2D eigenvalue weighted by atomic mass is 10.1. The number of hydrogen-bond donors (Lipinski definition) is 1. The predicted molar refractivity (Wildman–Crippen MR) is 75.9 cm³/mol. The van der Waals surface area contributed by atoms with Crippen LogP contribution in [0.4, 0.5) is 0 Å². The standard InChI is InChI=1S/C14H21NO2S/c1-4-9-15-11(2)12-5-7-13(8-6-12)18-10-14(16)17-3/h5-8,11,15H,4,9-10H2,1-3H3. The zero-order valence-electron chi connectivity index (χ0n) is 11.2. The lowest BCUT2D eigenvalue weighted by Gasteiger charge is -2.13. The maximum atomic E-state index is 11.0. The maximum Gasteiger partial charge on any atom is 0.315 e. The van der Waals surface area contributed by atoms with Crippen molar-refractivity contribution < 1.29 is 9.53 Å². The van der Waals surface area contributed by atoms with E-state index in [0.29, 0.717) is 11.8 Å². The molecule has 0 saturated carbocycles. The van der Waals surface area contributed by atoms with Crippen LogP contribution < -0.4 is 5.32 Å². The second kappa shape index (κ2) is 8.16. The number of rotatable bonds is 7. The van der Waals surface area contributed by atoms with E-state index in [0.717, 1.165) is 17.9 Å². The summed E-state index contributed by atoms with van der Waals surface area (Å²) in [7, 11) is 1.41. The molecule has 1 atom stereocenters. The summed E-state index contributed by atoms with van der Waals surface area (Å²) in [4.78, 5) is 12.1. The number of nitrogens with one attached hydrogen (secondary N) is 1. The minimum atomic E-state index is -0.193. The van der Waals surface area contributed by atoms with Crippen molar-refractivity contribution in [2.24, 2.45) is 0 Å². The Bertz CT molecular complexity index is 365. The van der Waals surface area contributed by atoms with E-state index in [-0.39, 0.29) is 5.97 Å². The summed E-state index contributed by atoms with van der Waals surface area (Å²) < 4.78 is 4.61. The van der Waals surface area contributed by atoms with E-state index in [9.17, 15) is 4.79 Å². The van der Waals surface area contributed by atoms with Crippen LogP contribution in [0.1, 0.15) is 31.9 Å². The number of methoxy groups -OCH3 is 1. The Balaban J connectivity index is 2.49. The summed E-state index contributed by atoms with van der Waals surface area (Å²) in [5.74, 6) is 0.168. The molecule has 0 radical (unpaired) electrons. The molecule has 4 heteroatoms. The molecule has 0 amide bonds. The molecule has 1 N–H and O–H groups in total. The highest BCUT2D eigenvalue weighted by Gasteiger charge is 2.05. The smallest absolute Gasteiger partial charge is 0.315 e. The van der Waals surface area contributed by atoms with Crippen molar-refractivity contribution in [1.82, 2.24) is 5.32 Å². The number of esters is 1. The third-order valence-corrected chi connectivity index (χ3v) is 3.65. The van der Waals surface area contributed by atoms with Gasteiger partial charge in [0.15, 0.2) is 0 Å². The molecular weight excluding hydrogens is 246 g/mol. The number of benzene rings is 1. The molecule has 0 aromatic heterocycles. The first kappa shape index (κ1) is 15.1. The van der Waals surface area contributed by atoms with Crippen molar-refractivity contribution >= 4 is 17.7 Å². The van der Waals surface area contributed by atoms with E-state index in [1.807, 2.05) is 12.1 Å². The molecule has 18 heavy (non-hydrogen) atoms. The Morgan fingerprint density at radius 2 is 2.06 bits per heavy atom. The van der Waals surface area contributed by atoms with Crippen LogP contribution in [-0.4, -0.2) is 25.4 Å². The minimum Gasteiger partial charge on any atom is -0.468 e. The highest BCUT2D eigenvalue weighted by atomic mass is 32.2. The van der Waals surface area contributed by atoms with Crippen molar-refractivity contribution in [3.63, 3.8) is 0 Å². The summed E-state index contributed by atoms with van der Waals surface area (Å²) >= 11 is 1.50. The van der Waals surface area contributed by atoms with Crippen LogP contribution in [0.25, 0.3) is 0 Å². The van der Waals surface area contributed by atoms with Crippen LogP contribution >= 0.6 is 11.8 Å². The zero-order valence-corrected chi connectivity index (χ0v) is 12.0. The van der Waals surface area contributed by atoms with Crippen molar-refractivity contribution in [3.05, 3.63) is 29.8 Å². The summed E-state index contributed by atoms with van der Waals surface area (Å²) in [6.45, 7) is 5.35. The predicted octanol–water partition coefficient (Wildman–Crippen LogP) is 3.01. The van der Waals surface area contributed by atoms with Gasteiger partial charge in [-0.25, -0.2) is 0 Å². The van der Waals surface area contributed by atoms with Crippen molar-refractivity contribution in [3.8, 4) is 0 Å². The Labute approximate surface area is 113 Å². The fourth-order valence-electron chi connectivity index (χ4n) is 1.53. The Hall–Kier alpha value is -1.00. The SMILES string of the molecule is CCCNC(C)c1ccc(SCC(=O)OC)cc1. The molecule has 0 bridgehead atoms. The van der Waals surface area contributed by atoms with Gasteiger partial charge in [-0.15, -0.1) is 11.8 Å². The molecular formula is C14H21NO2S. The van der Waals surface area contributed by atoms with Gasteiger partial charge < -0.3 is 10.1 Å². The lowest BCUT2D eigenvalue weighted by molar-refractivity contribution is -0.137. The number of carbonyl (C=O) groups excluding carboxylic acids is 1. The maximum absolute atomic E-state index is 11.0. The molecule has 0 fully saturated rings. The number of carbonyl (C=O) groups is 1. The Kier molecular flexibility index (Phi) is 6.83. The van der Waals surface area contributed by atoms with Gasteiger partial charge in [0.25, 0.3) is 0 Å². The molecule has 0 aliphatic rings. The monoisotopic (exact) mass is 267 g/mol. The van der Waals surface area contributed by atoms with Gasteiger partial charge in [-0.3, -0.25) is 4.79 Å². The van der Waals surface area contributed by atoms with Crippen molar-refractivity contribution in [1.29, 1.82) is 0 Å². The molecule has 0 spiro atoms. The largest absolute Gasteiger partial charge is 0.468 e. The van der Waals surface area contributed by atoms with Gasteiger partial charge in [-0.1, -0.05) is 19.1 Å². The lowest BCUT2D eigenvalue weighted by Crippen LogP contribution is -2.19. The third-order valence-electron chi connectivity index (χ3n) is 2.66. The molecule has 3 nitrogen and oxygen atoms in total. The Morgan fingerprint density at radius 3 is 2.61 bits per heavy atom. The van der Waals surface area contributed by atoms with E-state index in [1.54, 1.807) is 0 Å². The van der Waals surface area contributed by atoms with Crippen molar-refractivity contribution in [2.75, 3.05) is 19.4 Å². The topological polar surface area (TPSA) is 38.3 Å². The van der Waals surface area contributed by atoms with Gasteiger partial charge in [0, 0.05) is 10.9 Å². The van der Waals surface area contributed by atoms with Crippen LogP contribution in [0.15, 0.2) is 29.2 Å². The first-order valence-electron chi connectivity index (χ1n) is 6.20. The summed E-state index contributed by atoms with van der Waals surface area (Å²) in [6, 6.07) is 8.67. The zero-order chi connectivity index (χ0) is 13.4. The van der Waals surface area contributed by atoms with Gasteiger partial charge in [-0.2, -0.15) is 0 Å². The molecule has 0 saturated heterocycles. The molecule has 1 aromatic carbocycles. The van der Waals surface area contributed by atoms with Crippen LogP contribution in [0.5, 0.6) is 0 Å². The van der Waals surface area contributed by atoms with Crippen molar-refractivity contribution in [2.45, 2.75) is 31.2 Å². The van der Waals surface area contributed by atoms with Gasteiger partial charge >= 0.3 is 5.97 Å². The van der Waals surface area contributed by atoms with E-state index >= 15 is 0 Å². The van der Waals surface area contributed by atoms with Gasteiger partial charge in [0.2, 0.25) is 0 Å². The fraction of sp³-hybridized carbons (Fsp3) is 0.500. The summed E-state index contributed by atoms with van der Waals surface area (Å²) in [5.41, 5.74) is 1.27. The van der Waals surface area contributed by atoms with Gasteiger partial charge in [-0.05, 0) is 37.6 Å². The molecule has 100 valence electrons. The van der Waals surface area contributed by atoms with E-state index < -0.39 is 0 Å². The second-order valence-corrected chi connectivity index (χ2v) is 5.16. The molecule has 0 aliphatic heterocycles. The normalized spacial score (nSPS) is 12.2. The average molecular weight is 267 g/mol. The molecule has 1 rings (SSSR count). The summed E-state index contributed by atoms with van der Waals surface area (Å²) in [6.07, 6.45) is 1.14. The quantitative estimate of drug-likeness (QED) is 0.609. The fourth-order valence-corrected chi connectivity index (χ4v) is 2.26. The van der Waals surface area contributed by atoms with E-state index in [2.05, 4.69) is 36.0 Å². The molecule has 0 aliphatic carbocycles. The van der Waals surface area contributed by atoms with E-state index in [1.165, 1.54) is 24.4 Å². The Morgan fingerprint density at radius 1 is 1.39 bits per heavy atom. The number of thioether (sulfide) groups is 1. The van der Waals surface area contributed by atoms with Gasteiger partial charge in [0.05, 0.1) is 12.9 Å². The van der Waals surface area contributed by atoms with Gasteiger partial charge in [0.1, 0.15) is 0 Å². The minimum absolute atomic E-state index is 0.193. The van der Waals surface area contributed by atoms with E-state index in [4.69, 9.17) is 0 Å².